The van der Waals surface area contributed by atoms with Gasteiger partial charge in [-0.25, -0.2) is 18.2 Å². The van der Waals surface area contributed by atoms with Crippen molar-refractivity contribution in [2.75, 3.05) is 10.6 Å². The van der Waals surface area contributed by atoms with Gasteiger partial charge in [0, 0.05) is 30.2 Å². The van der Waals surface area contributed by atoms with Crippen molar-refractivity contribution in [2.24, 2.45) is 0 Å². The van der Waals surface area contributed by atoms with Gasteiger partial charge in [0.05, 0.1) is 5.69 Å². The van der Waals surface area contributed by atoms with Crippen molar-refractivity contribution < 1.29 is 13.2 Å². The Morgan fingerprint density at radius 1 is 0.913 bits per heavy atom. The third-order valence-electron chi connectivity index (χ3n) is 3.91. The highest BCUT2D eigenvalue weighted by Crippen LogP contribution is 2.40. The Morgan fingerprint density at radius 2 is 1.61 bits per heavy atom. The van der Waals surface area contributed by atoms with Crippen LogP contribution in [0.1, 0.15) is 37.3 Å². The lowest BCUT2D eigenvalue weighted by atomic mass is 10.2. The quantitative estimate of drug-likeness (QED) is 0.871. The second-order valence-electron chi connectivity index (χ2n) is 6.06. The van der Waals surface area contributed by atoms with Gasteiger partial charge < -0.3 is 10.6 Å². The molecule has 0 atom stereocenters. The van der Waals surface area contributed by atoms with Gasteiger partial charge in [0.2, 0.25) is 5.95 Å². The van der Waals surface area contributed by atoms with E-state index in [-0.39, 0.29) is 0 Å². The van der Waals surface area contributed by atoms with Gasteiger partial charge in [0.1, 0.15) is 17.3 Å². The van der Waals surface area contributed by atoms with E-state index >= 15 is 0 Å². The molecule has 7 heteroatoms. The molecule has 1 heterocycles. The Hall–Kier alpha value is -2.31. The van der Waals surface area contributed by atoms with Gasteiger partial charge >= 0.3 is 0 Å². The highest BCUT2D eigenvalue weighted by molar-refractivity contribution is 5.59. The third kappa shape index (κ3) is 3.23. The first-order valence-corrected chi connectivity index (χ1v) is 7.65. The molecule has 0 unspecified atom stereocenters. The Kier molecular flexibility index (Phi) is 3.36. The summed E-state index contributed by atoms with van der Waals surface area (Å²) in [5, 5.41) is 5.81. The van der Waals surface area contributed by atoms with Crippen molar-refractivity contribution in [3.8, 4) is 0 Å². The number of hydrogen-bond acceptors (Lipinski definition) is 4. The number of nitrogens with one attached hydrogen (secondary N) is 2. The fraction of sp³-hybridized carbons (Fsp3) is 0.375. The van der Waals surface area contributed by atoms with Gasteiger partial charge in [-0.15, -0.1) is 0 Å². The molecule has 0 aliphatic heterocycles. The number of anilines is 3. The Labute approximate surface area is 131 Å². The highest BCUT2D eigenvalue weighted by atomic mass is 19.1. The smallest absolute Gasteiger partial charge is 0.225 e. The van der Waals surface area contributed by atoms with E-state index in [0.717, 1.165) is 31.4 Å². The van der Waals surface area contributed by atoms with Crippen LogP contribution in [0.5, 0.6) is 0 Å². The van der Waals surface area contributed by atoms with Gasteiger partial charge in [-0.05, 0) is 25.7 Å². The molecule has 0 bridgehead atoms. The standard InChI is InChI=1S/C16H15F3N4/c17-9-5-11(18)15(12(19)6-9)22-14-7-13(8-1-2-8)21-16(23-14)20-10-3-4-10/h5-8,10H,1-4H2,(H2,20,21,22,23). The second kappa shape index (κ2) is 5.40. The van der Waals surface area contributed by atoms with Crippen LogP contribution in [-0.2, 0) is 0 Å². The molecule has 0 amide bonds. The molecule has 2 fully saturated rings. The van der Waals surface area contributed by atoms with Crippen LogP contribution >= 0.6 is 0 Å². The molecule has 0 spiro atoms. The maximum Gasteiger partial charge on any atom is 0.225 e. The minimum Gasteiger partial charge on any atom is -0.351 e. The van der Waals surface area contributed by atoms with E-state index in [9.17, 15) is 13.2 Å². The Morgan fingerprint density at radius 3 is 2.22 bits per heavy atom. The minimum atomic E-state index is -0.995. The van der Waals surface area contributed by atoms with E-state index in [4.69, 9.17) is 0 Å². The van der Waals surface area contributed by atoms with Crippen LogP contribution in [-0.4, -0.2) is 16.0 Å². The Bertz CT molecular complexity index is 734. The van der Waals surface area contributed by atoms with Crippen LogP contribution in [0.15, 0.2) is 18.2 Å². The molecule has 2 aliphatic rings. The lowest BCUT2D eigenvalue weighted by molar-refractivity contribution is 0.548. The van der Waals surface area contributed by atoms with Crippen molar-refractivity contribution in [2.45, 2.75) is 37.6 Å². The molecule has 1 aromatic carbocycles. The van der Waals surface area contributed by atoms with Crippen LogP contribution < -0.4 is 10.6 Å². The molecule has 23 heavy (non-hydrogen) atoms. The topological polar surface area (TPSA) is 49.8 Å². The largest absolute Gasteiger partial charge is 0.351 e. The fourth-order valence-electron chi connectivity index (χ4n) is 2.38. The van der Waals surface area contributed by atoms with Gasteiger partial charge in [0.25, 0.3) is 0 Å². The number of rotatable bonds is 5. The first-order valence-electron chi connectivity index (χ1n) is 7.65. The first-order chi connectivity index (χ1) is 11.1. The molecule has 2 N–H and O–H groups in total. The Balaban J connectivity index is 1.66. The van der Waals surface area contributed by atoms with Crippen molar-refractivity contribution in [3.63, 3.8) is 0 Å². The summed E-state index contributed by atoms with van der Waals surface area (Å²) in [7, 11) is 0. The van der Waals surface area contributed by atoms with E-state index in [1.165, 1.54) is 0 Å². The number of nitrogens with zero attached hydrogens (tertiary/aromatic N) is 2. The molecule has 1 aromatic heterocycles. The molecule has 0 saturated heterocycles. The molecule has 2 aromatic rings. The zero-order valence-corrected chi connectivity index (χ0v) is 12.2. The molecule has 2 saturated carbocycles. The lowest BCUT2D eigenvalue weighted by Crippen LogP contribution is -2.09. The van der Waals surface area contributed by atoms with E-state index in [1.807, 2.05) is 0 Å². The van der Waals surface area contributed by atoms with Crippen LogP contribution in [0.25, 0.3) is 0 Å². The maximum atomic E-state index is 13.8. The van der Waals surface area contributed by atoms with Gasteiger partial charge in [-0.3, -0.25) is 0 Å². The lowest BCUT2D eigenvalue weighted by Gasteiger charge is -2.12. The zero-order chi connectivity index (χ0) is 16.0. The fourth-order valence-corrected chi connectivity index (χ4v) is 2.38. The van der Waals surface area contributed by atoms with E-state index in [1.54, 1.807) is 6.07 Å². The highest BCUT2D eigenvalue weighted by Gasteiger charge is 2.28. The number of benzene rings is 1. The zero-order valence-electron chi connectivity index (χ0n) is 12.2. The average molecular weight is 320 g/mol. The summed E-state index contributed by atoms with van der Waals surface area (Å²) in [4.78, 5) is 8.73. The molecular weight excluding hydrogens is 305 g/mol. The summed E-state index contributed by atoms with van der Waals surface area (Å²) in [5.41, 5.74) is 0.442. The van der Waals surface area contributed by atoms with E-state index in [0.29, 0.717) is 35.9 Å². The van der Waals surface area contributed by atoms with Crippen LogP contribution in [0.3, 0.4) is 0 Å². The normalized spacial score (nSPS) is 17.2. The third-order valence-corrected chi connectivity index (χ3v) is 3.91. The van der Waals surface area contributed by atoms with Gasteiger partial charge in [0.15, 0.2) is 11.6 Å². The summed E-state index contributed by atoms with van der Waals surface area (Å²) in [6, 6.07) is 3.34. The average Bonchev–Trinajstić information content (AvgIpc) is 3.34. The first kappa shape index (κ1) is 14.3. The summed E-state index contributed by atoms with van der Waals surface area (Å²) in [5.74, 6) is -1.81. The van der Waals surface area contributed by atoms with E-state index < -0.39 is 23.1 Å². The monoisotopic (exact) mass is 320 g/mol. The van der Waals surface area contributed by atoms with E-state index in [2.05, 4.69) is 20.6 Å². The van der Waals surface area contributed by atoms with Crippen molar-refractivity contribution in [1.29, 1.82) is 0 Å². The number of halogens is 3. The van der Waals surface area contributed by atoms with Crippen LogP contribution in [0, 0.1) is 17.5 Å². The molecule has 4 rings (SSSR count). The molecule has 120 valence electrons. The van der Waals surface area contributed by atoms with Crippen LogP contribution in [0.2, 0.25) is 0 Å². The SMILES string of the molecule is Fc1cc(F)c(Nc2cc(C3CC3)nc(NC3CC3)n2)c(F)c1. The van der Waals surface area contributed by atoms with Crippen molar-refractivity contribution in [3.05, 3.63) is 41.3 Å². The number of hydrogen-bond donors (Lipinski definition) is 2. The summed E-state index contributed by atoms with van der Waals surface area (Å²) in [6.07, 6.45) is 4.25. The van der Waals surface area contributed by atoms with Crippen LogP contribution in [0.4, 0.5) is 30.6 Å². The molecule has 4 nitrogen and oxygen atoms in total. The summed E-state index contributed by atoms with van der Waals surface area (Å²) in [6.45, 7) is 0. The van der Waals surface area contributed by atoms with Crippen molar-refractivity contribution in [1.82, 2.24) is 9.97 Å². The van der Waals surface area contributed by atoms with Gasteiger partial charge in [-0.1, -0.05) is 0 Å². The number of aromatic nitrogens is 2. The summed E-state index contributed by atoms with van der Waals surface area (Å²) < 4.78 is 40.6. The molecular formula is C16H15F3N4. The second-order valence-corrected chi connectivity index (χ2v) is 6.06. The van der Waals surface area contributed by atoms with Gasteiger partial charge in [-0.2, -0.15) is 4.98 Å². The maximum absolute atomic E-state index is 13.8. The predicted octanol–water partition coefficient (Wildman–Crippen LogP) is 4.09. The van der Waals surface area contributed by atoms with Crippen molar-refractivity contribution >= 4 is 17.5 Å². The molecule has 2 aliphatic carbocycles. The predicted molar refractivity (Wildman–Crippen MR) is 80.3 cm³/mol. The molecule has 0 radical (unpaired) electrons. The summed E-state index contributed by atoms with van der Waals surface area (Å²) >= 11 is 0. The minimum absolute atomic E-state index is 0.300.